The molecular formula is C9H20N2O2S. The number of rotatable bonds is 3. The molecule has 0 aromatic heterocycles. The van der Waals surface area contributed by atoms with E-state index in [2.05, 4.69) is 5.32 Å². The molecule has 1 saturated heterocycles. The Morgan fingerprint density at radius 1 is 1.43 bits per heavy atom. The largest absolute Gasteiger partial charge is 0.318 e. The van der Waals surface area contributed by atoms with Gasteiger partial charge in [0.15, 0.2) is 0 Å². The van der Waals surface area contributed by atoms with Crippen LogP contribution in [-0.4, -0.2) is 44.7 Å². The molecule has 0 radical (unpaired) electrons. The van der Waals surface area contributed by atoms with Crippen LogP contribution in [0, 0.1) is 0 Å². The van der Waals surface area contributed by atoms with Crippen LogP contribution in [0.3, 0.4) is 0 Å². The van der Waals surface area contributed by atoms with Crippen LogP contribution in [0.2, 0.25) is 0 Å². The molecule has 0 spiro atoms. The summed E-state index contributed by atoms with van der Waals surface area (Å²) >= 11 is 0. The van der Waals surface area contributed by atoms with E-state index in [0.29, 0.717) is 6.54 Å². The standard InChI is InChI=1S/C9H20N2O2S/c1-9(8-10-2)6-4-5-7-11(9)14(3,12)13/h10H,4-8H2,1-3H3. The van der Waals surface area contributed by atoms with Gasteiger partial charge in [0.25, 0.3) is 0 Å². The first-order chi connectivity index (χ1) is 6.40. The van der Waals surface area contributed by atoms with Crippen molar-refractivity contribution in [2.75, 3.05) is 26.4 Å². The minimum Gasteiger partial charge on any atom is -0.318 e. The fourth-order valence-electron chi connectivity index (χ4n) is 2.28. The van der Waals surface area contributed by atoms with Gasteiger partial charge in [-0.3, -0.25) is 0 Å². The molecule has 4 nitrogen and oxygen atoms in total. The quantitative estimate of drug-likeness (QED) is 0.749. The molecule has 0 aliphatic carbocycles. The predicted molar refractivity (Wildman–Crippen MR) is 57.7 cm³/mol. The van der Waals surface area contributed by atoms with Crippen LogP contribution in [0.5, 0.6) is 0 Å². The van der Waals surface area contributed by atoms with Crippen molar-refractivity contribution in [1.82, 2.24) is 9.62 Å². The van der Waals surface area contributed by atoms with Gasteiger partial charge in [0, 0.05) is 18.6 Å². The third-order valence-electron chi connectivity index (χ3n) is 2.89. The van der Waals surface area contributed by atoms with E-state index >= 15 is 0 Å². The number of hydrogen-bond acceptors (Lipinski definition) is 3. The van der Waals surface area contributed by atoms with Crippen LogP contribution in [0.4, 0.5) is 0 Å². The van der Waals surface area contributed by atoms with Crippen molar-refractivity contribution >= 4 is 10.0 Å². The van der Waals surface area contributed by atoms with Gasteiger partial charge in [-0.05, 0) is 26.8 Å². The maximum atomic E-state index is 11.6. The lowest BCUT2D eigenvalue weighted by Crippen LogP contribution is -2.56. The molecule has 0 amide bonds. The van der Waals surface area contributed by atoms with E-state index in [0.717, 1.165) is 25.8 Å². The zero-order valence-electron chi connectivity index (χ0n) is 9.21. The van der Waals surface area contributed by atoms with E-state index in [-0.39, 0.29) is 5.54 Å². The number of piperidine rings is 1. The van der Waals surface area contributed by atoms with E-state index in [1.807, 2.05) is 14.0 Å². The number of likely N-dealkylation sites (N-methyl/N-ethyl adjacent to an activating group) is 1. The van der Waals surface area contributed by atoms with Gasteiger partial charge in [0.2, 0.25) is 10.0 Å². The lowest BCUT2D eigenvalue weighted by Gasteiger charge is -2.43. The molecule has 1 rings (SSSR count). The fraction of sp³-hybridized carbons (Fsp3) is 1.00. The average molecular weight is 220 g/mol. The van der Waals surface area contributed by atoms with Crippen molar-refractivity contribution in [2.45, 2.75) is 31.7 Å². The van der Waals surface area contributed by atoms with Crippen molar-refractivity contribution in [3.8, 4) is 0 Å². The van der Waals surface area contributed by atoms with Crippen LogP contribution in [0.1, 0.15) is 26.2 Å². The highest BCUT2D eigenvalue weighted by atomic mass is 32.2. The normalized spacial score (nSPS) is 30.5. The van der Waals surface area contributed by atoms with E-state index in [9.17, 15) is 8.42 Å². The zero-order chi connectivity index (χ0) is 10.8. The second kappa shape index (κ2) is 4.16. The summed E-state index contributed by atoms with van der Waals surface area (Å²) in [5.74, 6) is 0. The van der Waals surface area contributed by atoms with E-state index in [1.54, 1.807) is 4.31 Å². The van der Waals surface area contributed by atoms with Gasteiger partial charge >= 0.3 is 0 Å². The smallest absolute Gasteiger partial charge is 0.211 e. The topological polar surface area (TPSA) is 49.4 Å². The second-order valence-corrected chi connectivity index (χ2v) is 6.23. The molecule has 0 bridgehead atoms. The summed E-state index contributed by atoms with van der Waals surface area (Å²) in [6, 6.07) is 0. The van der Waals surface area contributed by atoms with Gasteiger partial charge in [0.1, 0.15) is 0 Å². The molecule has 0 aromatic carbocycles. The lowest BCUT2D eigenvalue weighted by atomic mass is 9.91. The Labute approximate surface area is 86.7 Å². The maximum Gasteiger partial charge on any atom is 0.211 e. The van der Waals surface area contributed by atoms with Crippen molar-refractivity contribution < 1.29 is 8.42 Å². The van der Waals surface area contributed by atoms with Crippen molar-refractivity contribution in [2.24, 2.45) is 0 Å². The Morgan fingerprint density at radius 3 is 2.57 bits per heavy atom. The van der Waals surface area contributed by atoms with Crippen LogP contribution < -0.4 is 5.32 Å². The molecule has 1 atom stereocenters. The Hall–Kier alpha value is -0.130. The number of nitrogens with one attached hydrogen (secondary N) is 1. The van der Waals surface area contributed by atoms with Crippen molar-refractivity contribution in [3.63, 3.8) is 0 Å². The Balaban J connectivity index is 2.89. The van der Waals surface area contributed by atoms with Crippen molar-refractivity contribution in [3.05, 3.63) is 0 Å². The summed E-state index contributed by atoms with van der Waals surface area (Å²) in [5.41, 5.74) is -0.236. The molecular weight excluding hydrogens is 200 g/mol. The molecule has 1 N–H and O–H groups in total. The minimum atomic E-state index is -3.06. The Bertz CT molecular complexity index is 285. The average Bonchev–Trinajstić information content (AvgIpc) is 2.02. The highest BCUT2D eigenvalue weighted by Gasteiger charge is 2.38. The zero-order valence-corrected chi connectivity index (χ0v) is 10.0. The fourth-order valence-corrected chi connectivity index (χ4v) is 3.70. The van der Waals surface area contributed by atoms with E-state index in [1.165, 1.54) is 6.26 Å². The number of hydrogen-bond donors (Lipinski definition) is 1. The molecule has 0 aromatic rings. The molecule has 5 heteroatoms. The highest BCUT2D eigenvalue weighted by molar-refractivity contribution is 7.88. The first-order valence-corrected chi connectivity index (χ1v) is 6.87. The van der Waals surface area contributed by atoms with Gasteiger partial charge in [0.05, 0.1) is 6.26 Å². The lowest BCUT2D eigenvalue weighted by molar-refractivity contribution is 0.150. The summed E-state index contributed by atoms with van der Waals surface area (Å²) in [6.45, 7) is 3.40. The van der Waals surface area contributed by atoms with Crippen LogP contribution >= 0.6 is 0 Å². The van der Waals surface area contributed by atoms with Gasteiger partial charge in [-0.1, -0.05) is 6.42 Å². The molecule has 1 aliphatic heterocycles. The second-order valence-electron chi connectivity index (χ2n) is 4.32. The molecule has 84 valence electrons. The minimum absolute atomic E-state index is 0.236. The third-order valence-corrected chi connectivity index (χ3v) is 4.31. The predicted octanol–water partition coefficient (Wildman–Crippen LogP) is 0.410. The summed E-state index contributed by atoms with van der Waals surface area (Å²) in [7, 11) is -1.20. The molecule has 14 heavy (non-hydrogen) atoms. The monoisotopic (exact) mass is 220 g/mol. The van der Waals surface area contributed by atoms with E-state index < -0.39 is 10.0 Å². The van der Waals surface area contributed by atoms with Crippen LogP contribution in [0.15, 0.2) is 0 Å². The molecule has 1 heterocycles. The first kappa shape index (κ1) is 11.9. The van der Waals surface area contributed by atoms with Gasteiger partial charge in [-0.15, -0.1) is 0 Å². The summed E-state index contributed by atoms with van der Waals surface area (Å²) in [4.78, 5) is 0. The van der Waals surface area contributed by atoms with Crippen LogP contribution in [0.25, 0.3) is 0 Å². The molecule has 0 saturated carbocycles. The van der Waals surface area contributed by atoms with Gasteiger partial charge in [-0.2, -0.15) is 4.31 Å². The van der Waals surface area contributed by atoms with Gasteiger partial charge < -0.3 is 5.32 Å². The van der Waals surface area contributed by atoms with Crippen molar-refractivity contribution in [1.29, 1.82) is 0 Å². The number of nitrogens with zero attached hydrogens (tertiary/aromatic N) is 1. The third kappa shape index (κ3) is 2.46. The van der Waals surface area contributed by atoms with Gasteiger partial charge in [-0.25, -0.2) is 8.42 Å². The molecule has 1 unspecified atom stereocenters. The summed E-state index contributed by atoms with van der Waals surface area (Å²) in [5, 5.41) is 3.07. The molecule has 1 aliphatic rings. The van der Waals surface area contributed by atoms with E-state index in [4.69, 9.17) is 0 Å². The SMILES string of the molecule is CNCC1(C)CCCCN1S(C)(=O)=O. The summed E-state index contributed by atoms with van der Waals surface area (Å²) in [6.07, 6.45) is 4.34. The first-order valence-electron chi connectivity index (χ1n) is 5.02. The van der Waals surface area contributed by atoms with Crippen LogP contribution in [-0.2, 0) is 10.0 Å². The number of sulfonamides is 1. The molecule has 1 fully saturated rings. The highest BCUT2D eigenvalue weighted by Crippen LogP contribution is 2.29. The Kier molecular flexibility index (Phi) is 3.55. The Morgan fingerprint density at radius 2 is 2.07 bits per heavy atom. The summed E-state index contributed by atoms with van der Waals surface area (Å²) < 4.78 is 24.8. The maximum absolute atomic E-state index is 11.6.